The monoisotopic (exact) mass is 436 g/mol. The molecule has 3 aromatic rings. The standard InChI is InChI=1S/C24H25ClN4O2/c25-19-11-9-18(10-12-19)21-15-22(29(27-21)20-6-2-1-3-7-20)24(31)28-14-4-5-17(16-28)8-13-23(26)30/h1-3,6-7,9-12,15,17H,4-5,8,13-14,16H2,(H2,26,30). The maximum Gasteiger partial charge on any atom is 0.272 e. The van der Waals surface area contributed by atoms with Crippen LogP contribution in [-0.2, 0) is 4.79 Å². The predicted molar refractivity (Wildman–Crippen MR) is 121 cm³/mol. The summed E-state index contributed by atoms with van der Waals surface area (Å²) < 4.78 is 1.71. The van der Waals surface area contributed by atoms with E-state index in [1.54, 1.807) is 4.68 Å². The molecule has 7 heteroatoms. The highest BCUT2D eigenvalue weighted by atomic mass is 35.5. The summed E-state index contributed by atoms with van der Waals surface area (Å²) in [6.45, 7) is 1.32. The minimum atomic E-state index is -0.293. The zero-order chi connectivity index (χ0) is 21.8. The third-order valence-electron chi connectivity index (χ3n) is 5.67. The van der Waals surface area contributed by atoms with E-state index in [2.05, 4.69) is 0 Å². The number of para-hydroxylation sites is 1. The number of nitrogens with zero attached hydrogens (tertiary/aromatic N) is 3. The zero-order valence-corrected chi connectivity index (χ0v) is 18.0. The first-order chi connectivity index (χ1) is 15.0. The van der Waals surface area contributed by atoms with Gasteiger partial charge in [-0.15, -0.1) is 0 Å². The molecule has 0 saturated carbocycles. The predicted octanol–water partition coefficient (Wildman–Crippen LogP) is 4.31. The van der Waals surface area contributed by atoms with Crippen molar-refractivity contribution >= 4 is 23.4 Å². The van der Waals surface area contributed by atoms with Crippen LogP contribution in [-0.4, -0.2) is 39.6 Å². The molecular formula is C24H25ClN4O2. The van der Waals surface area contributed by atoms with Gasteiger partial charge in [-0.25, -0.2) is 4.68 Å². The number of likely N-dealkylation sites (tertiary alicyclic amines) is 1. The van der Waals surface area contributed by atoms with E-state index in [1.165, 1.54) is 0 Å². The zero-order valence-electron chi connectivity index (χ0n) is 17.2. The summed E-state index contributed by atoms with van der Waals surface area (Å²) in [6.07, 6.45) is 2.99. The molecule has 6 nitrogen and oxygen atoms in total. The van der Waals surface area contributed by atoms with E-state index < -0.39 is 0 Å². The molecule has 1 aliphatic rings. The van der Waals surface area contributed by atoms with Crippen LogP contribution in [0.4, 0.5) is 0 Å². The lowest BCUT2D eigenvalue weighted by Crippen LogP contribution is -2.41. The number of amides is 2. The first-order valence-electron chi connectivity index (χ1n) is 10.5. The number of carbonyl (C=O) groups excluding carboxylic acids is 2. The molecule has 0 radical (unpaired) electrons. The Bertz CT molecular complexity index is 1060. The van der Waals surface area contributed by atoms with Crippen LogP contribution >= 0.6 is 11.6 Å². The van der Waals surface area contributed by atoms with Crippen molar-refractivity contribution in [2.45, 2.75) is 25.7 Å². The van der Waals surface area contributed by atoms with Crippen molar-refractivity contribution in [1.29, 1.82) is 0 Å². The molecular weight excluding hydrogens is 412 g/mol. The van der Waals surface area contributed by atoms with Crippen molar-refractivity contribution in [3.05, 3.63) is 71.4 Å². The molecule has 31 heavy (non-hydrogen) atoms. The van der Waals surface area contributed by atoms with Crippen molar-refractivity contribution < 1.29 is 9.59 Å². The molecule has 2 heterocycles. The molecule has 1 atom stereocenters. The van der Waals surface area contributed by atoms with Crippen molar-refractivity contribution in [3.63, 3.8) is 0 Å². The molecule has 1 aliphatic heterocycles. The molecule has 160 valence electrons. The van der Waals surface area contributed by atoms with E-state index in [0.717, 1.165) is 24.1 Å². The largest absolute Gasteiger partial charge is 0.370 e. The van der Waals surface area contributed by atoms with Gasteiger partial charge in [-0.05, 0) is 55.5 Å². The van der Waals surface area contributed by atoms with E-state index in [0.29, 0.717) is 42.3 Å². The molecule has 0 aliphatic carbocycles. The molecule has 2 N–H and O–H groups in total. The van der Waals surface area contributed by atoms with Crippen molar-refractivity contribution in [2.24, 2.45) is 11.7 Å². The Balaban J connectivity index is 1.65. The van der Waals surface area contributed by atoms with Gasteiger partial charge in [0, 0.05) is 30.1 Å². The van der Waals surface area contributed by atoms with Gasteiger partial charge in [0.05, 0.1) is 11.4 Å². The van der Waals surface area contributed by atoms with E-state index in [4.69, 9.17) is 22.4 Å². The third-order valence-corrected chi connectivity index (χ3v) is 5.93. The molecule has 4 rings (SSSR count). The molecule has 1 unspecified atom stereocenters. The maximum absolute atomic E-state index is 13.5. The highest BCUT2D eigenvalue weighted by Gasteiger charge is 2.28. The molecule has 1 saturated heterocycles. The summed E-state index contributed by atoms with van der Waals surface area (Å²) >= 11 is 6.03. The fourth-order valence-corrected chi connectivity index (χ4v) is 4.18. The van der Waals surface area contributed by atoms with Crippen LogP contribution in [0.2, 0.25) is 5.02 Å². The van der Waals surface area contributed by atoms with Crippen LogP contribution in [0, 0.1) is 5.92 Å². The van der Waals surface area contributed by atoms with Crippen LogP contribution in [0.25, 0.3) is 16.9 Å². The van der Waals surface area contributed by atoms with Gasteiger partial charge in [-0.2, -0.15) is 5.10 Å². The average Bonchev–Trinajstić information content (AvgIpc) is 3.24. The minimum absolute atomic E-state index is 0.0552. The highest BCUT2D eigenvalue weighted by molar-refractivity contribution is 6.30. The number of aromatic nitrogens is 2. The topological polar surface area (TPSA) is 81.2 Å². The van der Waals surface area contributed by atoms with E-state index in [-0.39, 0.29) is 17.7 Å². The smallest absolute Gasteiger partial charge is 0.272 e. The van der Waals surface area contributed by atoms with E-state index in [9.17, 15) is 9.59 Å². The fraction of sp³-hybridized carbons (Fsp3) is 0.292. The van der Waals surface area contributed by atoms with Gasteiger partial charge in [0.2, 0.25) is 5.91 Å². The molecule has 1 fully saturated rings. The van der Waals surface area contributed by atoms with Crippen molar-refractivity contribution in [1.82, 2.24) is 14.7 Å². The summed E-state index contributed by atoms with van der Waals surface area (Å²) in [5.41, 5.74) is 8.26. The normalized spacial score (nSPS) is 16.3. The number of hydrogen-bond acceptors (Lipinski definition) is 3. The number of primary amides is 1. The van der Waals surface area contributed by atoms with E-state index >= 15 is 0 Å². The quantitative estimate of drug-likeness (QED) is 0.625. The van der Waals surface area contributed by atoms with Crippen LogP contribution in [0.3, 0.4) is 0 Å². The van der Waals surface area contributed by atoms with Gasteiger partial charge >= 0.3 is 0 Å². The third kappa shape index (κ3) is 4.97. The van der Waals surface area contributed by atoms with Gasteiger partial charge in [0.25, 0.3) is 5.91 Å². The van der Waals surface area contributed by atoms with Gasteiger partial charge in [0.15, 0.2) is 0 Å². The van der Waals surface area contributed by atoms with E-state index in [1.807, 2.05) is 65.6 Å². The summed E-state index contributed by atoms with van der Waals surface area (Å²) in [4.78, 5) is 26.6. The Labute approximate surface area is 186 Å². The number of hydrogen-bond donors (Lipinski definition) is 1. The Hall–Kier alpha value is -3.12. The minimum Gasteiger partial charge on any atom is -0.370 e. The Morgan fingerprint density at radius 2 is 1.84 bits per heavy atom. The Kier molecular flexibility index (Phi) is 6.37. The van der Waals surface area contributed by atoms with Crippen molar-refractivity contribution in [3.8, 4) is 16.9 Å². The Morgan fingerprint density at radius 1 is 1.10 bits per heavy atom. The van der Waals surface area contributed by atoms with Gasteiger partial charge in [0.1, 0.15) is 5.69 Å². The first kappa shape index (κ1) is 21.1. The molecule has 2 aromatic carbocycles. The van der Waals surface area contributed by atoms with Crippen LogP contribution in [0.15, 0.2) is 60.7 Å². The number of piperidine rings is 1. The van der Waals surface area contributed by atoms with Gasteiger partial charge in [-0.1, -0.05) is 41.9 Å². The molecule has 0 bridgehead atoms. The number of halogens is 1. The lowest BCUT2D eigenvalue weighted by Gasteiger charge is -2.32. The highest BCUT2D eigenvalue weighted by Crippen LogP contribution is 2.27. The SMILES string of the molecule is NC(=O)CCC1CCCN(C(=O)c2cc(-c3ccc(Cl)cc3)nn2-c2ccccc2)C1. The fourth-order valence-electron chi connectivity index (χ4n) is 4.05. The van der Waals surface area contributed by atoms with Crippen LogP contribution < -0.4 is 5.73 Å². The number of rotatable bonds is 6. The second-order valence-electron chi connectivity index (χ2n) is 7.93. The average molecular weight is 437 g/mol. The van der Waals surface area contributed by atoms with Crippen molar-refractivity contribution in [2.75, 3.05) is 13.1 Å². The van der Waals surface area contributed by atoms with Crippen LogP contribution in [0.1, 0.15) is 36.2 Å². The number of nitrogens with two attached hydrogens (primary N) is 1. The lowest BCUT2D eigenvalue weighted by molar-refractivity contribution is -0.118. The molecule has 2 amide bonds. The lowest BCUT2D eigenvalue weighted by atomic mass is 9.93. The van der Waals surface area contributed by atoms with Crippen LogP contribution in [0.5, 0.6) is 0 Å². The first-order valence-corrected chi connectivity index (χ1v) is 10.9. The van der Waals surface area contributed by atoms with Gasteiger partial charge in [-0.3, -0.25) is 9.59 Å². The summed E-state index contributed by atoms with van der Waals surface area (Å²) in [5.74, 6) is -0.0624. The summed E-state index contributed by atoms with van der Waals surface area (Å²) in [6, 6.07) is 18.9. The number of benzene rings is 2. The second kappa shape index (κ2) is 9.35. The van der Waals surface area contributed by atoms with Gasteiger partial charge < -0.3 is 10.6 Å². The molecule has 0 spiro atoms. The Morgan fingerprint density at radius 3 is 2.55 bits per heavy atom. The second-order valence-corrected chi connectivity index (χ2v) is 8.37. The number of carbonyl (C=O) groups is 2. The maximum atomic E-state index is 13.5. The summed E-state index contributed by atoms with van der Waals surface area (Å²) in [7, 11) is 0. The summed E-state index contributed by atoms with van der Waals surface area (Å²) in [5, 5.41) is 5.39. The molecule has 1 aromatic heterocycles.